The Kier molecular flexibility index (Phi) is 4.69. The lowest BCUT2D eigenvalue weighted by Crippen LogP contribution is -2.26. The molecule has 2 heterocycles. The average molecular weight is 288 g/mol. The second kappa shape index (κ2) is 6.30. The van der Waals surface area contributed by atoms with Crippen molar-refractivity contribution in [3.63, 3.8) is 0 Å². The lowest BCUT2D eigenvalue weighted by molar-refractivity contribution is -0.137. The molecule has 0 unspecified atom stereocenters. The number of hydrogen-bond acceptors (Lipinski definition) is 4. The van der Waals surface area contributed by atoms with Crippen LogP contribution in [0, 0.1) is 0 Å². The van der Waals surface area contributed by atoms with Crippen LogP contribution in [0.5, 0.6) is 0 Å². The van der Waals surface area contributed by atoms with E-state index in [1.54, 1.807) is 7.05 Å². The van der Waals surface area contributed by atoms with Crippen molar-refractivity contribution in [2.24, 2.45) is 0 Å². The number of hydrogen-bond donors (Lipinski definition) is 2. The van der Waals surface area contributed by atoms with E-state index in [4.69, 9.17) is 0 Å². The summed E-state index contributed by atoms with van der Waals surface area (Å²) in [4.78, 5) is 6.38. The Labute approximate surface area is 116 Å². The Bertz CT molecular complexity index is 442. The molecular formula is C13H19F3N4. The first-order chi connectivity index (χ1) is 9.49. The zero-order valence-electron chi connectivity index (χ0n) is 11.4. The van der Waals surface area contributed by atoms with Crippen LogP contribution in [0.25, 0.3) is 0 Å². The van der Waals surface area contributed by atoms with Gasteiger partial charge in [0.2, 0.25) is 0 Å². The summed E-state index contributed by atoms with van der Waals surface area (Å²) in [7, 11) is 1.55. The molecule has 1 saturated heterocycles. The van der Waals surface area contributed by atoms with E-state index in [9.17, 15) is 13.2 Å². The van der Waals surface area contributed by atoms with Gasteiger partial charge in [-0.2, -0.15) is 13.2 Å². The molecule has 2 rings (SSSR count). The van der Waals surface area contributed by atoms with E-state index in [2.05, 4.69) is 20.5 Å². The van der Waals surface area contributed by atoms with Crippen LogP contribution in [0.3, 0.4) is 0 Å². The first kappa shape index (κ1) is 14.9. The first-order valence-corrected chi connectivity index (χ1v) is 6.72. The monoisotopic (exact) mass is 288 g/mol. The largest absolute Gasteiger partial charge is 0.416 e. The minimum absolute atomic E-state index is 0.212. The number of rotatable bonds is 5. The van der Waals surface area contributed by atoms with Crippen molar-refractivity contribution >= 4 is 11.6 Å². The standard InChI is InChI=1S/C13H19F3N4/c1-17-11-8-10(13(14,15)16)9-12(19-11)18-4-7-20-5-2-3-6-20/h8-9H,2-7H2,1H3,(H2,17,18,19). The van der Waals surface area contributed by atoms with Crippen LogP contribution in [0.15, 0.2) is 12.1 Å². The molecule has 20 heavy (non-hydrogen) atoms. The summed E-state index contributed by atoms with van der Waals surface area (Å²) >= 11 is 0. The van der Waals surface area contributed by atoms with Crippen molar-refractivity contribution in [2.75, 3.05) is 43.9 Å². The fraction of sp³-hybridized carbons (Fsp3) is 0.615. The number of alkyl halides is 3. The number of nitrogens with zero attached hydrogens (tertiary/aromatic N) is 2. The minimum Gasteiger partial charge on any atom is -0.373 e. The van der Waals surface area contributed by atoms with Crippen molar-refractivity contribution in [3.8, 4) is 0 Å². The van der Waals surface area contributed by atoms with Crippen LogP contribution >= 0.6 is 0 Å². The Morgan fingerprint density at radius 2 is 1.85 bits per heavy atom. The molecule has 4 nitrogen and oxygen atoms in total. The molecule has 1 fully saturated rings. The summed E-state index contributed by atoms with van der Waals surface area (Å²) < 4.78 is 38.3. The number of aromatic nitrogens is 1. The molecule has 1 aliphatic rings. The summed E-state index contributed by atoms with van der Waals surface area (Å²) in [6.07, 6.45) is -1.96. The predicted octanol–water partition coefficient (Wildman–Crippen LogP) is 2.65. The molecule has 0 radical (unpaired) electrons. The van der Waals surface area contributed by atoms with Crippen molar-refractivity contribution in [3.05, 3.63) is 17.7 Å². The highest BCUT2D eigenvalue weighted by Crippen LogP contribution is 2.31. The van der Waals surface area contributed by atoms with Gasteiger partial charge in [-0.25, -0.2) is 4.98 Å². The minimum atomic E-state index is -4.36. The second-order valence-corrected chi connectivity index (χ2v) is 4.85. The van der Waals surface area contributed by atoms with Crippen molar-refractivity contribution in [1.82, 2.24) is 9.88 Å². The Hall–Kier alpha value is -1.50. The molecule has 112 valence electrons. The first-order valence-electron chi connectivity index (χ1n) is 6.72. The van der Waals surface area contributed by atoms with Gasteiger partial charge >= 0.3 is 6.18 Å². The quantitative estimate of drug-likeness (QED) is 0.874. The van der Waals surface area contributed by atoms with Crippen LogP contribution in [0.1, 0.15) is 18.4 Å². The summed E-state index contributed by atoms with van der Waals surface area (Å²) in [5.41, 5.74) is -0.694. The van der Waals surface area contributed by atoms with Gasteiger partial charge in [-0.3, -0.25) is 0 Å². The lowest BCUT2D eigenvalue weighted by atomic mass is 10.2. The zero-order chi connectivity index (χ0) is 14.6. The number of pyridine rings is 1. The van der Waals surface area contributed by atoms with E-state index in [1.807, 2.05) is 0 Å². The summed E-state index contributed by atoms with van der Waals surface area (Å²) in [6, 6.07) is 2.05. The molecule has 1 aromatic heterocycles. The van der Waals surface area contributed by atoms with Gasteiger partial charge in [-0.05, 0) is 38.1 Å². The van der Waals surface area contributed by atoms with E-state index >= 15 is 0 Å². The smallest absolute Gasteiger partial charge is 0.373 e. The molecule has 2 N–H and O–H groups in total. The molecule has 1 aromatic rings. The van der Waals surface area contributed by atoms with Crippen LogP contribution in [0.4, 0.5) is 24.8 Å². The van der Waals surface area contributed by atoms with Crippen molar-refractivity contribution < 1.29 is 13.2 Å². The van der Waals surface area contributed by atoms with Gasteiger partial charge in [0.1, 0.15) is 11.6 Å². The molecule has 1 aliphatic heterocycles. The second-order valence-electron chi connectivity index (χ2n) is 4.85. The number of likely N-dealkylation sites (tertiary alicyclic amines) is 1. The third kappa shape index (κ3) is 4.00. The number of anilines is 2. The maximum atomic E-state index is 12.8. The molecule has 0 saturated carbocycles. The van der Waals surface area contributed by atoms with Gasteiger partial charge in [0, 0.05) is 20.1 Å². The van der Waals surface area contributed by atoms with Crippen LogP contribution in [-0.2, 0) is 6.18 Å². The average Bonchev–Trinajstić information content (AvgIpc) is 2.90. The Morgan fingerprint density at radius 3 is 2.45 bits per heavy atom. The molecular weight excluding hydrogens is 269 g/mol. The summed E-state index contributed by atoms with van der Waals surface area (Å²) in [6.45, 7) is 3.56. The fourth-order valence-corrected chi connectivity index (χ4v) is 2.26. The maximum absolute atomic E-state index is 12.8. The third-order valence-corrected chi connectivity index (χ3v) is 3.34. The topological polar surface area (TPSA) is 40.2 Å². The maximum Gasteiger partial charge on any atom is 0.416 e. The van der Waals surface area contributed by atoms with Crippen LogP contribution in [0.2, 0.25) is 0 Å². The van der Waals surface area contributed by atoms with Gasteiger partial charge in [0.15, 0.2) is 0 Å². The van der Waals surface area contributed by atoms with Crippen molar-refractivity contribution in [2.45, 2.75) is 19.0 Å². The molecule has 0 spiro atoms. The van der Waals surface area contributed by atoms with Crippen LogP contribution < -0.4 is 10.6 Å². The molecule has 0 aromatic carbocycles. The third-order valence-electron chi connectivity index (χ3n) is 3.34. The van der Waals surface area contributed by atoms with Gasteiger partial charge in [-0.1, -0.05) is 0 Å². The Balaban J connectivity index is 1.98. The van der Waals surface area contributed by atoms with E-state index in [0.29, 0.717) is 6.54 Å². The molecule has 0 amide bonds. The van der Waals surface area contributed by atoms with Gasteiger partial charge in [-0.15, -0.1) is 0 Å². The summed E-state index contributed by atoms with van der Waals surface area (Å²) in [5.74, 6) is 0.465. The van der Waals surface area contributed by atoms with Gasteiger partial charge < -0.3 is 15.5 Å². The fourth-order valence-electron chi connectivity index (χ4n) is 2.26. The van der Waals surface area contributed by atoms with Crippen LogP contribution in [-0.4, -0.2) is 43.1 Å². The van der Waals surface area contributed by atoms with Gasteiger partial charge in [0.25, 0.3) is 0 Å². The molecule has 0 aliphatic carbocycles. The number of halogens is 3. The van der Waals surface area contributed by atoms with E-state index in [1.165, 1.54) is 12.8 Å². The molecule has 0 bridgehead atoms. The Morgan fingerprint density at radius 1 is 1.20 bits per heavy atom. The highest BCUT2D eigenvalue weighted by molar-refractivity contribution is 5.49. The molecule has 0 atom stereocenters. The van der Waals surface area contributed by atoms with Gasteiger partial charge in [0.05, 0.1) is 5.56 Å². The predicted molar refractivity (Wildman–Crippen MR) is 72.9 cm³/mol. The lowest BCUT2D eigenvalue weighted by Gasteiger charge is -2.16. The summed E-state index contributed by atoms with van der Waals surface area (Å²) in [5, 5.41) is 5.62. The highest BCUT2D eigenvalue weighted by Gasteiger charge is 2.31. The van der Waals surface area contributed by atoms with Crippen molar-refractivity contribution in [1.29, 1.82) is 0 Å². The highest BCUT2D eigenvalue weighted by atomic mass is 19.4. The molecule has 7 heteroatoms. The van der Waals surface area contributed by atoms with E-state index < -0.39 is 11.7 Å². The number of nitrogens with one attached hydrogen (secondary N) is 2. The zero-order valence-corrected chi connectivity index (χ0v) is 11.4. The van der Waals surface area contributed by atoms with E-state index in [-0.39, 0.29) is 11.6 Å². The normalized spacial score (nSPS) is 16.4. The van der Waals surface area contributed by atoms with E-state index in [0.717, 1.165) is 31.8 Å². The SMILES string of the molecule is CNc1cc(C(F)(F)F)cc(NCCN2CCCC2)n1.